The second-order valence-electron chi connectivity index (χ2n) is 2.60. The lowest BCUT2D eigenvalue weighted by molar-refractivity contribution is 1.15. The molecule has 0 fully saturated rings. The van der Waals surface area contributed by atoms with Crippen molar-refractivity contribution in [3.63, 3.8) is 0 Å². The van der Waals surface area contributed by atoms with Gasteiger partial charge in [-0.1, -0.05) is 6.07 Å². The molecule has 0 aliphatic heterocycles. The minimum atomic E-state index is 0.913. The minimum Gasteiger partial charge on any atom is -0.341 e. The SMILES string of the molecule is Cc1ncc(-c2ccccn2)[nH]1. The van der Waals surface area contributed by atoms with Crippen molar-refractivity contribution in [2.75, 3.05) is 0 Å². The second kappa shape index (κ2) is 2.77. The monoisotopic (exact) mass is 159 g/mol. The van der Waals surface area contributed by atoms with Crippen molar-refractivity contribution in [3.8, 4) is 11.4 Å². The third kappa shape index (κ3) is 1.21. The number of H-pyrrole nitrogens is 1. The molecule has 0 unspecified atom stereocenters. The molecule has 0 saturated heterocycles. The highest BCUT2D eigenvalue weighted by Crippen LogP contribution is 2.12. The normalized spacial score (nSPS) is 10.1. The average molecular weight is 159 g/mol. The lowest BCUT2D eigenvalue weighted by atomic mass is 10.3. The Morgan fingerprint density at radius 2 is 2.17 bits per heavy atom. The molecule has 0 bridgehead atoms. The summed E-state index contributed by atoms with van der Waals surface area (Å²) in [5, 5.41) is 0. The minimum absolute atomic E-state index is 0.913. The Morgan fingerprint density at radius 3 is 2.75 bits per heavy atom. The number of nitrogens with one attached hydrogen (secondary N) is 1. The Hall–Kier alpha value is -1.64. The number of nitrogens with zero attached hydrogens (tertiary/aromatic N) is 2. The van der Waals surface area contributed by atoms with Crippen LogP contribution in [0, 0.1) is 6.92 Å². The smallest absolute Gasteiger partial charge is 0.103 e. The summed E-state index contributed by atoms with van der Waals surface area (Å²) in [7, 11) is 0. The molecule has 2 rings (SSSR count). The van der Waals surface area contributed by atoms with Gasteiger partial charge in [-0.05, 0) is 19.1 Å². The number of imidazole rings is 1. The van der Waals surface area contributed by atoms with Crippen LogP contribution in [0.15, 0.2) is 30.6 Å². The summed E-state index contributed by atoms with van der Waals surface area (Å²) >= 11 is 0. The molecule has 2 aromatic rings. The van der Waals surface area contributed by atoms with Crippen LogP contribution in [0.25, 0.3) is 11.4 Å². The molecule has 0 spiro atoms. The first-order chi connectivity index (χ1) is 5.86. The van der Waals surface area contributed by atoms with Gasteiger partial charge in [0.15, 0.2) is 0 Å². The van der Waals surface area contributed by atoms with Crippen LogP contribution in [0.4, 0.5) is 0 Å². The van der Waals surface area contributed by atoms with Crippen LogP contribution < -0.4 is 0 Å². The third-order valence-electron chi connectivity index (χ3n) is 1.64. The Labute approximate surface area is 70.5 Å². The Balaban J connectivity index is 2.45. The van der Waals surface area contributed by atoms with Crippen LogP contribution in [-0.4, -0.2) is 15.0 Å². The predicted molar refractivity (Wildman–Crippen MR) is 46.6 cm³/mol. The number of aromatic amines is 1. The molecule has 2 heterocycles. The number of aryl methyl sites for hydroxylation is 1. The summed E-state index contributed by atoms with van der Waals surface area (Å²) in [6.45, 7) is 1.92. The van der Waals surface area contributed by atoms with Crippen molar-refractivity contribution >= 4 is 0 Å². The van der Waals surface area contributed by atoms with Gasteiger partial charge in [0.1, 0.15) is 5.82 Å². The fourth-order valence-corrected chi connectivity index (χ4v) is 1.07. The zero-order valence-corrected chi connectivity index (χ0v) is 6.78. The fourth-order valence-electron chi connectivity index (χ4n) is 1.07. The zero-order valence-electron chi connectivity index (χ0n) is 6.78. The highest BCUT2D eigenvalue weighted by atomic mass is 14.9. The standard InChI is InChI=1S/C9H9N3/c1-7-11-6-9(12-7)8-4-2-3-5-10-8/h2-6H,1H3,(H,11,12). The van der Waals surface area contributed by atoms with Crippen LogP contribution in [0.5, 0.6) is 0 Å². The molecule has 1 N–H and O–H groups in total. The van der Waals surface area contributed by atoms with Crippen molar-refractivity contribution in [3.05, 3.63) is 36.4 Å². The van der Waals surface area contributed by atoms with E-state index in [4.69, 9.17) is 0 Å². The van der Waals surface area contributed by atoms with Crippen molar-refractivity contribution in [1.29, 1.82) is 0 Å². The van der Waals surface area contributed by atoms with E-state index in [9.17, 15) is 0 Å². The number of hydrogen-bond donors (Lipinski definition) is 1. The molecule has 60 valence electrons. The van der Waals surface area contributed by atoms with E-state index in [2.05, 4.69) is 15.0 Å². The molecule has 3 heteroatoms. The van der Waals surface area contributed by atoms with E-state index in [1.54, 1.807) is 12.4 Å². The van der Waals surface area contributed by atoms with Gasteiger partial charge in [0.05, 0.1) is 17.6 Å². The Bertz CT molecular complexity index is 364. The predicted octanol–water partition coefficient (Wildman–Crippen LogP) is 1.78. The van der Waals surface area contributed by atoms with E-state index in [1.807, 2.05) is 25.1 Å². The van der Waals surface area contributed by atoms with E-state index >= 15 is 0 Å². The number of rotatable bonds is 1. The summed E-state index contributed by atoms with van der Waals surface area (Å²) in [6, 6.07) is 5.80. The molecule has 3 nitrogen and oxygen atoms in total. The molecule has 0 amide bonds. The maximum Gasteiger partial charge on any atom is 0.103 e. The molecule has 0 aliphatic carbocycles. The van der Waals surface area contributed by atoms with Gasteiger partial charge in [-0.25, -0.2) is 4.98 Å². The molecular weight excluding hydrogens is 150 g/mol. The maximum absolute atomic E-state index is 4.19. The van der Waals surface area contributed by atoms with Gasteiger partial charge in [0.2, 0.25) is 0 Å². The first kappa shape index (κ1) is 7.03. The van der Waals surface area contributed by atoms with Crippen molar-refractivity contribution in [1.82, 2.24) is 15.0 Å². The van der Waals surface area contributed by atoms with E-state index in [-0.39, 0.29) is 0 Å². The van der Waals surface area contributed by atoms with Gasteiger partial charge in [-0.15, -0.1) is 0 Å². The number of aromatic nitrogens is 3. The Morgan fingerprint density at radius 1 is 1.25 bits per heavy atom. The average Bonchev–Trinajstić information content (AvgIpc) is 2.54. The van der Waals surface area contributed by atoms with Crippen LogP contribution in [0.1, 0.15) is 5.82 Å². The van der Waals surface area contributed by atoms with E-state index in [0.717, 1.165) is 17.2 Å². The topological polar surface area (TPSA) is 41.6 Å². The van der Waals surface area contributed by atoms with Crippen molar-refractivity contribution in [2.24, 2.45) is 0 Å². The highest BCUT2D eigenvalue weighted by molar-refractivity contribution is 5.52. The Kier molecular flexibility index (Phi) is 1.63. The highest BCUT2D eigenvalue weighted by Gasteiger charge is 1.99. The zero-order chi connectivity index (χ0) is 8.39. The lowest BCUT2D eigenvalue weighted by Gasteiger charge is -1.92. The molecule has 0 saturated carbocycles. The van der Waals surface area contributed by atoms with Crippen LogP contribution in [0.3, 0.4) is 0 Å². The third-order valence-corrected chi connectivity index (χ3v) is 1.64. The van der Waals surface area contributed by atoms with Gasteiger partial charge in [-0.2, -0.15) is 0 Å². The first-order valence-corrected chi connectivity index (χ1v) is 3.79. The van der Waals surface area contributed by atoms with Gasteiger partial charge in [0.25, 0.3) is 0 Å². The van der Waals surface area contributed by atoms with Crippen LogP contribution in [0.2, 0.25) is 0 Å². The largest absolute Gasteiger partial charge is 0.341 e. The molecule has 0 aliphatic rings. The molecular formula is C9H9N3. The van der Waals surface area contributed by atoms with Crippen molar-refractivity contribution < 1.29 is 0 Å². The second-order valence-corrected chi connectivity index (χ2v) is 2.60. The first-order valence-electron chi connectivity index (χ1n) is 3.79. The van der Waals surface area contributed by atoms with E-state index < -0.39 is 0 Å². The van der Waals surface area contributed by atoms with Crippen LogP contribution in [-0.2, 0) is 0 Å². The summed E-state index contributed by atoms with van der Waals surface area (Å²) in [6.07, 6.45) is 3.56. The van der Waals surface area contributed by atoms with Gasteiger partial charge in [-0.3, -0.25) is 4.98 Å². The van der Waals surface area contributed by atoms with E-state index in [1.165, 1.54) is 0 Å². The molecule has 12 heavy (non-hydrogen) atoms. The molecule has 2 aromatic heterocycles. The molecule has 0 aromatic carbocycles. The molecule has 0 atom stereocenters. The summed E-state index contributed by atoms with van der Waals surface area (Å²) < 4.78 is 0. The van der Waals surface area contributed by atoms with Crippen LogP contribution >= 0.6 is 0 Å². The maximum atomic E-state index is 4.19. The summed E-state index contributed by atoms with van der Waals surface area (Å²) in [4.78, 5) is 11.4. The number of hydrogen-bond acceptors (Lipinski definition) is 2. The van der Waals surface area contributed by atoms with Gasteiger partial charge >= 0.3 is 0 Å². The molecule has 0 radical (unpaired) electrons. The quantitative estimate of drug-likeness (QED) is 0.689. The van der Waals surface area contributed by atoms with Gasteiger partial charge < -0.3 is 4.98 Å². The summed E-state index contributed by atoms with van der Waals surface area (Å²) in [5.41, 5.74) is 1.89. The fraction of sp³-hybridized carbons (Fsp3) is 0.111. The number of pyridine rings is 1. The lowest BCUT2D eigenvalue weighted by Crippen LogP contribution is -1.80. The van der Waals surface area contributed by atoms with Crippen molar-refractivity contribution in [2.45, 2.75) is 6.92 Å². The summed E-state index contributed by atoms with van der Waals surface area (Å²) in [5.74, 6) is 0.913. The van der Waals surface area contributed by atoms with Gasteiger partial charge in [0, 0.05) is 6.20 Å². The van der Waals surface area contributed by atoms with E-state index in [0.29, 0.717) is 0 Å².